The van der Waals surface area contributed by atoms with Crippen molar-refractivity contribution in [1.29, 1.82) is 0 Å². The zero-order valence-corrected chi connectivity index (χ0v) is 16.9. The van der Waals surface area contributed by atoms with E-state index in [2.05, 4.69) is 16.0 Å². The highest BCUT2D eigenvalue weighted by atomic mass is 35.5. The third-order valence-corrected chi connectivity index (χ3v) is 3.93. The van der Waals surface area contributed by atoms with E-state index in [0.29, 0.717) is 11.4 Å². The van der Waals surface area contributed by atoms with Gasteiger partial charge >= 0.3 is 0 Å². The van der Waals surface area contributed by atoms with Crippen molar-refractivity contribution in [1.82, 2.24) is 16.0 Å². The minimum Gasteiger partial charge on any atom is -0.352 e. The number of amides is 3. The molecule has 0 aliphatic rings. The van der Waals surface area contributed by atoms with Gasteiger partial charge in [-0.05, 0) is 44.4 Å². The number of rotatable bonds is 8. The van der Waals surface area contributed by atoms with Crippen LogP contribution in [0.1, 0.15) is 44.5 Å². The molecule has 0 aliphatic carbocycles. The van der Waals surface area contributed by atoms with E-state index in [0.717, 1.165) is 0 Å². The Hall–Kier alpha value is -1.79. The second kappa shape index (κ2) is 10.4. The largest absolute Gasteiger partial charge is 0.352 e. The van der Waals surface area contributed by atoms with Crippen LogP contribution in [0.5, 0.6) is 0 Å². The van der Waals surface area contributed by atoms with Gasteiger partial charge in [-0.25, -0.2) is 0 Å². The van der Waals surface area contributed by atoms with Crippen molar-refractivity contribution in [2.75, 3.05) is 6.54 Å². The van der Waals surface area contributed by atoms with Crippen molar-refractivity contribution in [2.24, 2.45) is 5.92 Å². The first-order valence-electron chi connectivity index (χ1n) is 8.43. The fourth-order valence-corrected chi connectivity index (χ4v) is 2.77. The van der Waals surface area contributed by atoms with Gasteiger partial charge in [0.05, 0.1) is 17.1 Å². The Morgan fingerprint density at radius 2 is 1.69 bits per heavy atom. The van der Waals surface area contributed by atoms with E-state index in [-0.39, 0.29) is 35.0 Å². The number of nitrogens with one attached hydrogen (secondary N) is 3. The van der Waals surface area contributed by atoms with Crippen LogP contribution in [0.3, 0.4) is 0 Å². The van der Waals surface area contributed by atoms with Crippen LogP contribution in [0, 0.1) is 5.92 Å². The maximum atomic E-state index is 12.5. The SMILES string of the molecule is CC(C)CC(NC(=O)c1ccc(Cl)cc1Cl)C(=O)NCC(=O)NC(C)C. The molecule has 0 saturated heterocycles. The number of hydrogen-bond acceptors (Lipinski definition) is 3. The molecule has 6 nitrogen and oxygen atoms in total. The zero-order valence-electron chi connectivity index (χ0n) is 15.4. The molecule has 0 aliphatic heterocycles. The topological polar surface area (TPSA) is 87.3 Å². The Morgan fingerprint density at radius 1 is 1.04 bits per heavy atom. The summed E-state index contributed by atoms with van der Waals surface area (Å²) in [5.41, 5.74) is 0.232. The summed E-state index contributed by atoms with van der Waals surface area (Å²) in [7, 11) is 0. The molecule has 0 saturated carbocycles. The Balaban J connectivity index is 2.77. The van der Waals surface area contributed by atoms with E-state index in [4.69, 9.17) is 23.2 Å². The van der Waals surface area contributed by atoms with Gasteiger partial charge in [-0.1, -0.05) is 37.0 Å². The fraction of sp³-hybridized carbons (Fsp3) is 0.500. The third kappa shape index (κ3) is 7.62. The van der Waals surface area contributed by atoms with E-state index >= 15 is 0 Å². The summed E-state index contributed by atoms with van der Waals surface area (Å²) >= 11 is 11.9. The highest BCUT2D eigenvalue weighted by Crippen LogP contribution is 2.21. The van der Waals surface area contributed by atoms with Crippen molar-refractivity contribution < 1.29 is 14.4 Å². The van der Waals surface area contributed by atoms with Crippen LogP contribution in [-0.4, -0.2) is 36.3 Å². The predicted octanol–water partition coefficient (Wildman–Crippen LogP) is 2.78. The first-order chi connectivity index (χ1) is 12.1. The minimum atomic E-state index is -0.777. The van der Waals surface area contributed by atoms with Crippen molar-refractivity contribution in [3.05, 3.63) is 33.8 Å². The first-order valence-corrected chi connectivity index (χ1v) is 9.18. The maximum Gasteiger partial charge on any atom is 0.253 e. The zero-order chi connectivity index (χ0) is 19.9. The molecule has 1 unspecified atom stereocenters. The standard InChI is InChI=1S/C18H25Cl2N3O3/c1-10(2)7-15(18(26)21-9-16(24)22-11(3)4)23-17(25)13-6-5-12(19)8-14(13)20/h5-6,8,10-11,15H,7,9H2,1-4H3,(H,21,26)(H,22,24)(H,23,25). The van der Waals surface area contributed by atoms with Gasteiger partial charge < -0.3 is 16.0 Å². The molecule has 3 N–H and O–H groups in total. The van der Waals surface area contributed by atoms with Crippen LogP contribution < -0.4 is 16.0 Å². The first kappa shape index (κ1) is 22.3. The van der Waals surface area contributed by atoms with E-state index < -0.39 is 17.9 Å². The highest BCUT2D eigenvalue weighted by molar-refractivity contribution is 6.36. The molecular formula is C18H25Cl2N3O3. The number of halogens is 2. The van der Waals surface area contributed by atoms with Crippen molar-refractivity contribution >= 4 is 40.9 Å². The van der Waals surface area contributed by atoms with Gasteiger partial charge in [0, 0.05) is 11.1 Å². The summed E-state index contributed by atoms with van der Waals surface area (Å²) in [6, 6.07) is 3.72. The van der Waals surface area contributed by atoms with Gasteiger partial charge in [0.1, 0.15) is 6.04 Å². The molecule has 1 aromatic rings. The normalized spacial score (nSPS) is 12.0. The van der Waals surface area contributed by atoms with Crippen LogP contribution in [-0.2, 0) is 9.59 Å². The monoisotopic (exact) mass is 401 g/mol. The van der Waals surface area contributed by atoms with Crippen LogP contribution in [0.4, 0.5) is 0 Å². The maximum absolute atomic E-state index is 12.5. The summed E-state index contributed by atoms with van der Waals surface area (Å²) < 4.78 is 0. The van der Waals surface area contributed by atoms with Crippen LogP contribution >= 0.6 is 23.2 Å². The lowest BCUT2D eigenvalue weighted by molar-refractivity contribution is -0.127. The number of hydrogen-bond donors (Lipinski definition) is 3. The lowest BCUT2D eigenvalue weighted by Gasteiger charge is -2.20. The second-order valence-corrected chi connectivity index (χ2v) is 7.56. The summed E-state index contributed by atoms with van der Waals surface area (Å²) in [5, 5.41) is 8.54. The molecule has 0 fully saturated rings. The quantitative estimate of drug-likeness (QED) is 0.625. The Kier molecular flexibility index (Phi) is 8.88. The molecule has 0 heterocycles. The summed E-state index contributed by atoms with van der Waals surface area (Å²) in [4.78, 5) is 36.6. The van der Waals surface area contributed by atoms with E-state index in [1.165, 1.54) is 12.1 Å². The lowest BCUT2D eigenvalue weighted by Crippen LogP contribution is -2.50. The Bertz CT molecular complexity index is 663. The van der Waals surface area contributed by atoms with Gasteiger partial charge in [-0.2, -0.15) is 0 Å². The van der Waals surface area contributed by atoms with Gasteiger partial charge in [-0.3, -0.25) is 14.4 Å². The summed E-state index contributed by atoms with van der Waals surface area (Å²) in [6.45, 7) is 7.39. The molecule has 1 atom stereocenters. The Labute approximate surface area is 164 Å². The molecule has 1 aromatic carbocycles. The minimum absolute atomic E-state index is 0.0161. The molecular weight excluding hydrogens is 377 g/mol. The third-order valence-electron chi connectivity index (χ3n) is 3.38. The van der Waals surface area contributed by atoms with E-state index in [1.54, 1.807) is 6.07 Å². The molecule has 0 radical (unpaired) electrons. The Morgan fingerprint density at radius 3 is 2.23 bits per heavy atom. The smallest absolute Gasteiger partial charge is 0.253 e. The van der Waals surface area contributed by atoms with Gasteiger partial charge in [0.2, 0.25) is 11.8 Å². The van der Waals surface area contributed by atoms with Gasteiger partial charge in [-0.15, -0.1) is 0 Å². The average Bonchev–Trinajstić information content (AvgIpc) is 2.50. The summed E-state index contributed by atoms with van der Waals surface area (Å²) in [6.07, 6.45) is 0.425. The van der Waals surface area contributed by atoms with Crippen LogP contribution in [0.25, 0.3) is 0 Å². The fourth-order valence-electron chi connectivity index (χ4n) is 2.28. The van der Waals surface area contributed by atoms with E-state index in [1.807, 2.05) is 27.7 Å². The van der Waals surface area contributed by atoms with Crippen molar-refractivity contribution in [3.8, 4) is 0 Å². The second-order valence-electron chi connectivity index (χ2n) is 6.72. The van der Waals surface area contributed by atoms with Crippen LogP contribution in [0.2, 0.25) is 10.0 Å². The molecule has 8 heteroatoms. The van der Waals surface area contributed by atoms with Crippen LogP contribution in [0.15, 0.2) is 18.2 Å². The molecule has 3 amide bonds. The number of carbonyl (C=O) groups is 3. The molecule has 144 valence electrons. The molecule has 0 aromatic heterocycles. The number of benzene rings is 1. The molecule has 0 spiro atoms. The predicted molar refractivity (Wildman–Crippen MR) is 103 cm³/mol. The molecule has 1 rings (SSSR count). The van der Waals surface area contributed by atoms with Crippen molar-refractivity contribution in [3.63, 3.8) is 0 Å². The average molecular weight is 402 g/mol. The van der Waals surface area contributed by atoms with Gasteiger partial charge in [0.15, 0.2) is 0 Å². The van der Waals surface area contributed by atoms with E-state index in [9.17, 15) is 14.4 Å². The molecule has 0 bridgehead atoms. The molecule has 26 heavy (non-hydrogen) atoms. The summed E-state index contributed by atoms with van der Waals surface area (Å²) in [5.74, 6) is -1.02. The van der Waals surface area contributed by atoms with Gasteiger partial charge in [0.25, 0.3) is 5.91 Å². The highest BCUT2D eigenvalue weighted by Gasteiger charge is 2.24. The number of carbonyl (C=O) groups excluding carboxylic acids is 3. The lowest BCUT2D eigenvalue weighted by atomic mass is 10.0. The van der Waals surface area contributed by atoms with Crippen molar-refractivity contribution in [2.45, 2.75) is 46.2 Å².